The number of rotatable bonds is 3. The van der Waals surface area contributed by atoms with Crippen LogP contribution in [0, 0.1) is 6.92 Å². The van der Waals surface area contributed by atoms with Gasteiger partial charge in [0.15, 0.2) is 0 Å². The van der Waals surface area contributed by atoms with E-state index in [1.165, 1.54) is 17.2 Å². The molecule has 0 aliphatic carbocycles. The van der Waals surface area contributed by atoms with Gasteiger partial charge in [0, 0.05) is 18.8 Å². The van der Waals surface area contributed by atoms with Gasteiger partial charge < -0.3 is 14.6 Å². The molecule has 1 amide bonds. The summed E-state index contributed by atoms with van der Waals surface area (Å²) in [4.78, 5) is 25.5. The zero-order chi connectivity index (χ0) is 15.7. The van der Waals surface area contributed by atoms with E-state index < -0.39 is 5.97 Å². The quantitative estimate of drug-likeness (QED) is 0.943. The third kappa shape index (κ3) is 2.62. The van der Waals surface area contributed by atoms with Crippen LogP contribution < -0.4 is 0 Å². The van der Waals surface area contributed by atoms with Gasteiger partial charge in [-0.05, 0) is 36.6 Å². The molecule has 22 heavy (non-hydrogen) atoms. The van der Waals surface area contributed by atoms with Crippen LogP contribution in [-0.2, 0) is 24.3 Å². The van der Waals surface area contributed by atoms with Crippen LogP contribution in [0.25, 0.3) is 0 Å². The topological polar surface area (TPSA) is 62.5 Å². The second-order valence-electron chi connectivity index (χ2n) is 5.59. The van der Waals surface area contributed by atoms with Gasteiger partial charge in [-0.1, -0.05) is 24.3 Å². The van der Waals surface area contributed by atoms with Crippen molar-refractivity contribution in [3.63, 3.8) is 0 Å². The Bertz CT molecular complexity index is 733. The molecule has 0 saturated carbocycles. The first kappa shape index (κ1) is 14.4. The number of aromatic nitrogens is 1. The number of carboxylic acid groups (broad SMARTS) is 1. The molecule has 1 aromatic carbocycles. The van der Waals surface area contributed by atoms with Gasteiger partial charge in [0.05, 0.1) is 0 Å². The lowest BCUT2D eigenvalue weighted by atomic mass is 10.00. The summed E-state index contributed by atoms with van der Waals surface area (Å²) in [6.07, 6.45) is 0.846. The highest BCUT2D eigenvalue weighted by Gasteiger charge is 2.22. The summed E-state index contributed by atoms with van der Waals surface area (Å²) in [7, 11) is 0. The highest BCUT2D eigenvalue weighted by atomic mass is 16.4. The molecule has 1 aliphatic heterocycles. The molecule has 0 atom stereocenters. The maximum atomic E-state index is 12.5. The molecular weight excluding hydrogens is 280 g/mol. The molecule has 5 heteroatoms. The first-order valence-electron chi connectivity index (χ1n) is 7.30. The fraction of sp³-hybridized carbons (Fsp3) is 0.294. The molecule has 0 radical (unpaired) electrons. The SMILES string of the molecule is Cc1ccc(C(=O)O)n1CC(=O)N1CCc2ccccc2C1. The van der Waals surface area contributed by atoms with Crippen molar-refractivity contribution in [2.75, 3.05) is 6.54 Å². The van der Waals surface area contributed by atoms with E-state index in [2.05, 4.69) is 6.07 Å². The van der Waals surface area contributed by atoms with Crippen molar-refractivity contribution in [3.8, 4) is 0 Å². The fourth-order valence-corrected chi connectivity index (χ4v) is 2.91. The molecule has 0 fully saturated rings. The van der Waals surface area contributed by atoms with E-state index in [9.17, 15) is 14.7 Å². The van der Waals surface area contributed by atoms with E-state index in [0.717, 1.165) is 12.1 Å². The summed E-state index contributed by atoms with van der Waals surface area (Å²) in [5.41, 5.74) is 3.39. The Morgan fingerprint density at radius 3 is 2.59 bits per heavy atom. The predicted molar refractivity (Wildman–Crippen MR) is 81.7 cm³/mol. The van der Waals surface area contributed by atoms with Crippen molar-refractivity contribution in [2.45, 2.75) is 26.4 Å². The lowest BCUT2D eigenvalue weighted by molar-refractivity contribution is -0.132. The van der Waals surface area contributed by atoms with Crippen LogP contribution in [0.3, 0.4) is 0 Å². The summed E-state index contributed by atoms with van der Waals surface area (Å²) in [6.45, 7) is 3.16. The minimum Gasteiger partial charge on any atom is -0.477 e. The fourth-order valence-electron chi connectivity index (χ4n) is 2.91. The number of carbonyl (C=O) groups excluding carboxylic acids is 1. The van der Waals surface area contributed by atoms with Crippen LogP contribution in [0.2, 0.25) is 0 Å². The first-order valence-corrected chi connectivity index (χ1v) is 7.30. The van der Waals surface area contributed by atoms with Gasteiger partial charge in [-0.3, -0.25) is 4.79 Å². The molecule has 2 heterocycles. The zero-order valence-corrected chi connectivity index (χ0v) is 12.5. The summed E-state index contributed by atoms with van der Waals surface area (Å²) < 4.78 is 1.56. The zero-order valence-electron chi connectivity index (χ0n) is 12.5. The number of fused-ring (bicyclic) bond motifs is 1. The Morgan fingerprint density at radius 2 is 1.86 bits per heavy atom. The molecule has 0 unspecified atom stereocenters. The smallest absolute Gasteiger partial charge is 0.352 e. The molecule has 0 spiro atoms. The third-order valence-electron chi connectivity index (χ3n) is 4.19. The number of hydrogen-bond acceptors (Lipinski definition) is 2. The minimum absolute atomic E-state index is 0.0451. The lowest BCUT2D eigenvalue weighted by Crippen LogP contribution is -2.38. The second kappa shape index (κ2) is 5.67. The number of carboxylic acids is 1. The molecule has 0 saturated heterocycles. The third-order valence-corrected chi connectivity index (χ3v) is 4.19. The van der Waals surface area contributed by atoms with Crippen LogP contribution in [0.5, 0.6) is 0 Å². The Kier molecular flexibility index (Phi) is 3.71. The van der Waals surface area contributed by atoms with Crippen LogP contribution in [0.1, 0.15) is 27.3 Å². The molecule has 114 valence electrons. The molecule has 5 nitrogen and oxygen atoms in total. The number of hydrogen-bond donors (Lipinski definition) is 1. The number of aryl methyl sites for hydroxylation is 1. The molecular formula is C17H18N2O3. The number of amides is 1. The Balaban J connectivity index is 1.77. The summed E-state index contributed by atoms with van der Waals surface area (Å²) in [5, 5.41) is 9.19. The van der Waals surface area contributed by atoms with Gasteiger partial charge in [0.1, 0.15) is 12.2 Å². The monoisotopic (exact) mass is 298 g/mol. The van der Waals surface area contributed by atoms with Gasteiger partial charge in [-0.25, -0.2) is 4.79 Å². The van der Waals surface area contributed by atoms with Crippen LogP contribution in [0.4, 0.5) is 0 Å². The van der Waals surface area contributed by atoms with Crippen molar-refractivity contribution >= 4 is 11.9 Å². The highest BCUT2D eigenvalue weighted by molar-refractivity contribution is 5.87. The normalized spacial score (nSPS) is 13.8. The number of nitrogens with zero attached hydrogens (tertiary/aromatic N) is 2. The van der Waals surface area contributed by atoms with Crippen molar-refractivity contribution in [1.82, 2.24) is 9.47 Å². The Hall–Kier alpha value is -2.56. The van der Waals surface area contributed by atoms with Gasteiger partial charge in [-0.2, -0.15) is 0 Å². The van der Waals surface area contributed by atoms with Crippen LogP contribution in [0.15, 0.2) is 36.4 Å². The molecule has 3 rings (SSSR count). The van der Waals surface area contributed by atoms with Crippen molar-refractivity contribution in [3.05, 3.63) is 58.9 Å². The average molecular weight is 298 g/mol. The van der Waals surface area contributed by atoms with E-state index >= 15 is 0 Å². The van der Waals surface area contributed by atoms with E-state index in [4.69, 9.17) is 0 Å². The maximum Gasteiger partial charge on any atom is 0.352 e. The molecule has 1 N–H and O–H groups in total. The van der Waals surface area contributed by atoms with E-state index in [1.807, 2.05) is 25.1 Å². The van der Waals surface area contributed by atoms with E-state index in [1.54, 1.807) is 15.5 Å². The number of carbonyl (C=O) groups is 2. The lowest BCUT2D eigenvalue weighted by Gasteiger charge is -2.29. The molecule has 1 aliphatic rings. The van der Waals surface area contributed by atoms with E-state index in [-0.39, 0.29) is 18.1 Å². The molecule has 2 aromatic rings. The first-order chi connectivity index (χ1) is 10.6. The number of benzene rings is 1. The van der Waals surface area contributed by atoms with Gasteiger partial charge in [0.25, 0.3) is 0 Å². The highest BCUT2D eigenvalue weighted by Crippen LogP contribution is 2.19. The summed E-state index contributed by atoms with van der Waals surface area (Å²) >= 11 is 0. The van der Waals surface area contributed by atoms with Crippen LogP contribution in [-0.4, -0.2) is 33.0 Å². The molecule has 0 bridgehead atoms. The standard InChI is InChI=1S/C17H18N2O3/c1-12-6-7-15(17(21)22)19(12)11-16(20)18-9-8-13-4-2-3-5-14(13)10-18/h2-7H,8-11H2,1H3,(H,21,22). The second-order valence-corrected chi connectivity index (χ2v) is 5.59. The van der Waals surface area contributed by atoms with E-state index in [0.29, 0.717) is 13.1 Å². The van der Waals surface area contributed by atoms with Crippen molar-refractivity contribution in [2.24, 2.45) is 0 Å². The largest absolute Gasteiger partial charge is 0.477 e. The van der Waals surface area contributed by atoms with Crippen molar-refractivity contribution in [1.29, 1.82) is 0 Å². The average Bonchev–Trinajstić information content (AvgIpc) is 2.88. The van der Waals surface area contributed by atoms with Crippen molar-refractivity contribution < 1.29 is 14.7 Å². The van der Waals surface area contributed by atoms with Gasteiger partial charge in [-0.15, -0.1) is 0 Å². The predicted octanol–water partition coefficient (Wildman–Crippen LogP) is 2.08. The maximum absolute atomic E-state index is 12.5. The van der Waals surface area contributed by atoms with Crippen LogP contribution >= 0.6 is 0 Å². The minimum atomic E-state index is -1.01. The summed E-state index contributed by atoms with van der Waals surface area (Å²) in [6, 6.07) is 11.4. The Morgan fingerprint density at radius 1 is 1.14 bits per heavy atom. The van der Waals surface area contributed by atoms with Gasteiger partial charge in [0.2, 0.25) is 5.91 Å². The van der Waals surface area contributed by atoms with Gasteiger partial charge >= 0.3 is 5.97 Å². The Labute approximate surface area is 128 Å². The summed E-state index contributed by atoms with van der Waals surface area (Å²) in [5.74, 6) is -1.05. The number of aromatic carboxylic acids is 1. The molecule has 1 aromatic heterocycles.